The molecule has 0 heterocycles. The van der Waals surface area contributed by atoms with Crippen LogP contribution in [0.25, 0.3) is 0 Å². The number of aliphatic hydroxyl groups is 1. The summed E-state index contributed by atoms with van der Waals surface area (Å²) in [6.45, 7) is 3.90. The molecule has 0 bridgehead atoms. The number of benzene rings is 1. The predicted molar refractivity (Wildman–Crippen MR) is 83.9 cm³/mol. The average Bonchev–Trinajstić information content (AvgIpc) is 2.92. The van der Waals surface area contributed by atoms with E-state index in [-0.39, 0.29) is 12.1 Å². The zero-order chi connectivity index (χ0) is 15.1. The van der Waals surface area contributed by atoms with Crippen LogP contribution in [0.5, 0.6) is 11.5 Å². The van der Waals surface area contributed by atoms with Crippen LogP contribution in [-0.2, 0) is 0 Å². The second-order valence-electron chi connectivity index (χ2n) is 5.75. The van der Waals surface area contributed by atoms with Gasteiger partial charge in [-0.3, -0.25) is 0 Å². The van der Waals surface area contributed by atoms with Crippen molar-refractivity contribution in [2.24, 2.45) is 5.92 Å². The zero-order valence-electron chi connectivity index (χ0n) is 13.1. The fourth-order valence-corrected chi connectivity index (χ4v) is 3.40. The number of hydrogen-bond acceptors (Lipinski definition) is 4. The minimum Gasteiger partial charge on any atom is -0.497 e. The summed E-state index contributed by atoms with van der Waals surface area (Å²) in [5.74, 6) is 2.19. The molecule has 21 heavy (non-hydrogen) atoms. The first-order valence-corrected chi connectivity index (χ1v) is 7.87. The maximum atomic E-state index is 9.77. The molecule has 4 nitrogen and oxygen atoms in total. The quantitative estimate of drug-likeness (QED) is 0.773. The Balaban J connectivity index is 1.84. The largest absolute Gasteiger partial charge is 0.497 e. The molecule has 2 atom stereocenters. The minimum absolute atomic E-state index is 0.0992. The smallest absolute Gasteiger partial charge is 0.119 e. The van der Waals surface area contributed by atoms with Gasteiger partial charge in [-0.05, 0) is 56.0 Å². The highest BCUT2D eigenvalue weighted by Crippen LogP contribution is 2.37. The number of likely N-dealkylation sites (N-methyl/N-ethyl adjacent to an activating group) is 1. The molecule has 1 aromatic carbocycles. The highest BCUT2D eigenvalue weighted by atomic mass is 16.5. The summed E-state index contributed by atoms with van der Waals surface area (Å²) in [4.78, 5) is 0. The van der Waals surface area contributed by atoms with E-state index < -0.39 is 0 Å². The van der Waals surface area contributed by atoms with Gasteiger partial charge < -0.3 is 19.9 Å². The molecule has 1 aromatic rings. The molecular weight excluding hydrogens is 266 g/mol. The second-order valence-corrected chi connectivity index (χ2v) is 5.75. The molecule has 1 saturated carbocycles. The van der Waals surface area contributed by atoms with Crippen LogP contribution in [0.4, 0.5) is 0 Å². The topological polar surface area (TPSA) is 50.7 Å². The van der Waals surface area contributed by atoms with Crippen molar-refractivity contribution in [2.75, 3.05) is 26.9 Å². The van der Waals surface area contributed by atoms with E-state index in [0.29, 0.717) is 12.5 Å². The Bertz CT molecular complexity index is 421. The number of hydrogen-bond donors (Lipinski definition) is 2. The Morgan fingerprint density at radius 1 is 1.29 bits per heavy atom. The molecule has 0 radical (unpaired) electrons. The molecular formula is C17H27NO3. The molecule has 1 fully saturated rings. The third-order valence-corrected chi connectivity index (χ3v) is 4.56. The fourth-order valence-electron chi connectivity index (χ4n) is 3.40. The van der Waals surface area contributed by atoms with Crippen molar-refractivity contribution in [1.82, 2.24) is 5.32 Å². The molecule has 0 spiro atoms. The summed E-state index contributed by atoms with van der Waals surface area (Å²) in [7, 11) is 1.66. The normalized spacial score (nSPS) is 25.0. The maximum absolute atomic E-state index is 9.77. The fraction of sp³-hybridized carbons (Fsp3) is 0.647. The van der Waals surface area contributed by atoms with Gasteiger partial charge in [-0.1, -0.05) is 13.3 Å². The van der Waals surface area contributed by atoms with Crippen molar-refractivity contribution in [3.63, 3.8) is 0 Å². The highest BCUT2D eigenvalue weighted by molar-refractivity contribution is 5.31. The molecule has 2 unspecified atom stereocenters. The first-order chi connectivity index (χ1) is 10.2. The van der Waals surface area contributed by atoms with Crippen LogP contribution >= 0.6 is 0 Å². The van der Waals surface area contributed by atoms with Crippen LogP contribution < -0.4 is 14.8 Å². The van der Waals surface area contributed by atoms with Crippen LogP contribution in [0.2, 0.25) is 0 Å². The Morgan fingerprint density at radius 3 is 2.62 bits per heavy atom. The Labute approximate surface area is 127 Å². The lowest BCUT2D eigenvalue weighted by Gasteiger charge is -2.34. The molecule has 118 valence electrons. The summed E-state index contributed by atoms with van der Waals surface area (Å²) in [6, 6.07) is 7.66. The molecule has 1 aliphatic carbocycles. The van der Waals surface area contributed by atoms with E-state index in [0.717, 1.165) is 30.9 Å². The van der Waals surface area contributed by atoms with Crippen LogP contribution in [0.15, 0.2) is 24.3 Å². The number of aliphatic hydroxyl groups excluding tert-OH is 1. The van der Waals surface area contributed by atoms with E-state index in [1.54, 1.807) is 7.11 Å². The van der Waals surface area contributed by atoms with Gasteiger partial charge in [0.1, 0.15) is 11.5 Å². The Kier molecular flexibility index (Phi) is 5.88. The van der Waals surface area contributed by atoms with Gasteiger partial charge in [-0.15, -0.1) is 0 Å². The molecule has 2 N–H and O–H groups in total. The van der Waals surface area contributed by atoms with Crippen molar-refractivity contribution in [2.45, 2.75) is 38.1 Å². The monoisotopic (exact) mass is 293 g/mol. The van der Waals surface area contributed by atoms with E-state index >= 15 is 0 Å². The summed E-state index contributed by atoms with van der Waals surface area (Å²) in [5, 5.41) is 13.3. The summed E-state index contributed by atoms with van der Waals surface area (Å²) in [5.41, 5.74) is -0.0992. The first-order valence-electron chi connectivity index (χ1n) is 7.87. The van der Waals surface area contributed by atoms with Gasteiger partial charge in [-0.2, -0.15) is 0 Å². The summed E-state index contributed by atoms with van der Waals surface area (Å²) < 4.78 is 11.0. The van der Waals surface area contributed by atoms with E-state index in [2.05, 4.69) is 12.2 Å². The lowest BCUT2D eigenvalue weighted by molar-refractivity contribution is 0.111. The molecule has 0 saturated heterocycles. The van der Waals surface area contributed by atoms with Gasteiger partial charge in [-0.25, -0.2) is 0 Å². The molecule has 0 amide bonds. The third kappa shape index (κ3) is 3.89. The molecule has 1 aliphatic rings. The molecule has 2 rings (SSSR count). The third-order valence-electron chi connectivity index (χ3n) is 4.56. The van der Waals surface area contributed by atoms with E-state index in [9.17, 15) is 5.11 Å². The van der Waals surface area contributed by atoms with Crippen LogP contribution in [0.3, 0.4) is 0 Å². The number of rotatable bonds is 8. The maximum Gasteiger partial charge on any atom is 0.119 e. The van der Waals surface area contributed by atoms with Crippen LogP contribution in [0, 0.1) is 5.92 Å². The minimum atomic E-state index is -0.0992. The van der Waals surface area contributed by atoms with E-state index in [4.69, 9.17) is 9.47 Å². The number of methoxy groups -OCH3 is 1. The van der Waals surface area contributed by atoms with Gasteiger partial charge in [0.2, 0.25) is 0 Å². The molecule has 4 heteroatoms. The Morgan fingerprint density at radius 2 is 2.00 bits per heavy atom. The van der Waals surface area contributed by atoms with Crippen molar-refractivity contribution in [3.05, 3.63) is 24.3 Å². The van der Waals surface area contributed by atoms with Gasteiger partial charge >= 0.3 is 0 Å². The lowest BCUT2D eigenvalue weighted by atomic mass is 9.85. The zero-order valence-corrected chi connectivity index (χ0v) is 13.1. The average molecular weight is 293 g/mol. The van der Waals surface area contributed by atoms with Crippen LogP contribution in [0.1, 0.15) is 32.6 Å². The van der Waals surface area contributed by atoms with Crippen molar-refractivity contribution in [1.29, 1.82) is 0 Å². The number of ether oxygens (including phenoxy) is 2. The first kappa shape index (κ1) is 16.1. The van der Waals surface area contributed by atoms with Gasteiger partial charge in [0.25, 0.3) is 0 Å². The van der Waals surface area contributed by atoms with E-state index in [1.165, 1.54) is 12.8 Å². The highest BCUT2D eigenvalue weighted by Gasteiger charge is 2.41. The van der Waals surface area contributed by atoms with Crippen molar-refractivity contribution < 1.29 is 14.6 Å². The van der Waals surface area contributed by atoms with Gasteiger partial charge in [0.15, 0.2) is 0 Å². The number of nitrogens with one attached hydrogen (secondary N) is 1. The van der Waals surface area contributed by atoms with Crippen molar-refractivity contribution in [3.8, 4) is 11.5 Å². The Hall–Kier alpha value is -1.26. The molecule has 0 aromatic heterocycles. The van der Waals surface area contributed by atoms with E-state index in [1.807, 2.05) is 24.3 Å². The standard InChI is InChI=1S/C17H27NO3/c1-3-18-17(13-19)11-4-5-14(17)10-12-21-16-8-6-15(20-2)7-9-16/h6-9,14,18-19H,3-5,10-13H2,1-2H3. The van der Waals surface area contributed by atoms with Crippen molar-refractivity contribution >= 4 is 0 Å². The van der Waals surface area contributed by atoms with Gasteiger partial charge in [0.05, 0.1) is 20.3 Å². The van der Waals surface area contributed by atoms with Crippen LogP contribution in [-0.4, -0.2) is 37.5 Å². The second kappa shape index (κ2) is 7.66. The lowest BCUT2D eigenvalue weighted by Crippen LogP contribution is -2.51. The SMILES string of the molecule is CCNC1(CO)CCCC1CCOc1ccc(OC)cc1. The van der Waals surface area contributed by atoms with Gasteiger partial charge in [0, 0.05) is 5.54 Å². The predicted octanol–water partition coefficient (Wildman–Crippen LogP) is 2.60. The summed E-state index contributed by atoms with van der Waals surface area (Å²) in [6.07, 6.45) is 4.38. The molecule has 0 aliphatic heterocycles. The summed E-state index contributed by atoms with van der Waals surface area (Å²) >= 11 is 0.